The van der Waals surface area contributed by atoms with Gasteiger partial charge in [0.1, 0.15) is 0 Å². The topological polar surface area (TPSA) is 43.8 Å². The molecule has 4 nitrogen and oxygen atoms in total. The summed E-state index contributed by atoms with van der Waals surface area (Å²) in [6.07, 6.45) is 2.05. The fraction of sp³-hybridized carbons (Fsp3) is 0.900. The number of urea groups is 1. The Bertz CT molecular complexity index is 226. The Labute approximate surface area is 84.5 Å². The summed E-state index contributed by atoms with van der Waals surface area (Å²) in [5.41, 5.74) is 0. The van der Waals surface area contributed by atoms with Gasteiger partial charge >= 0.3 is 6.03 Å². The lowest BCUT2D eigenvalue weighted by Crippen LogP contribution is -2.58. The Morgan fingerprint density at radius 2 is 2.00 bits per heavy atom. The summed E-state index contributed by atoms with van der Waals surface area (Å²) in [4.78, 5) is 15.5. The fourth-order valence-electron chi connectivity index (χ4n) is 2.17. The van der Waals surface area contributed by atoms with Crippen LogP contribution in [-0.2, 0) is 0 Å². The van der Waals surface area contributed by atoms with Crippen molar-refractivity contribution >= 4 is 6.03 Å². The molecule has 0 aromatic carbocycles. The number of nitrogens with zero attached hydrogens (tertiary/aromatic N) is 2. The molecule has 0 aliphatic carbocycles. The summed E-state index contributed by atoms with van der Waals surface area (Å²) in [6, 6.07) is 0.113. The maximum absolute atomic E-state index is 11.8. The Morgan fingerprint density at radius 3 is 2.57 bits per heavy atom. The van der Waals surface area contributed by atoms with Gasteiger partial charge in [0.2, 0.25) is 0 Å². The number of rotatable bonds is 0. The van der Waals surface area contributed by atoms with Crippen molar-refractivity contribution in [1.82, 2.24) is 9.80 Å². The number of aliphatic hydroxyl groups excluding tert-OH is 1. The SMILES string of the molecule is CC1CCCN(C(=O)N2CC(O)C2)C1. The van der Waals surface area contributed by atoms with Gasteiger partial charge in [0.15, 0.2) is 0 Å². The molecule has 0 saturated carbocycles. The number of carbonyl (C=O) groups excluding carboxylic acids is 1. The molecule has 2 aliphatic heterocycles. The molecule has 0 aromatic heterocycles. The molecule has 4 heteroatoms. The van der Waals surface area contributed by atoms with Crippen LogP contribution in [0, 0.1) is 5.92 Å². The average molecular weight is 198 g/mol. The number of piperidine rings is 1. The van der Waals surface area contributed by atoms with Gasteiger partial charge in [0, 0.05) is 13.1 Å². The Kier molecular flexibility index (Phi) is 2.63. The van der Waals surface area contributed by atoms with Gasteiger partial charge in [-0.2, -0.15) is 0 Å². The second-order valence-corrected chi connectivity index (χ2v) is 4.53. The molecule has 2 aliphatic rings. The highest BCUT2D eigenvalue weighted by Gasteiger charge is 2.33. The second kappa shape index (κ2) is 3.77. The number of carbonyl (C=O) groups is 1. The Hall–Kier alpha value is -0.770. The number of hydrogen-bond acceptors (Lipinski definition) is 2. The third-order valence-corrected chi connectivity index (χ3v) is 3.06. The molecule has 2 fully saturated rings. The van der Waals surface area contributed by atoms with Crippen molar-refractivity contribution in [2.75, 3.05) is 26.2 Å². The molecule has 1 unspecified atom stereocenters. The molecule has 0 aromatic rings. The van der Waals surface area contributed by atoms with Crippen LogP contribution in [0.2, 0.25) is 0 Å². The number of aliphatic hydroxyl groups is 1. The highest BCUT2D eigenvalue weighted by atomic mass is 16.3. The molecule has 2 amide bonds. The lowest BCUT2D eigenvalue weighted by molar-refractivity contribution is 0.0115. The van der Waals surface area contributed by atoms with Crippen LogP contribution < -0.4 is 0 Å². The minimum Gasteiger partial charge on any atom is -0.389 e. The third kappa shape index (κ3) is 1.85. The molecule has 1 N–H and O–H groups in total. The second-order valence-electron chi connectivity index (χ2n) is 4.53. The quantitative estimate of drug-likeness (QED) is 0.616. The van der Waals surface area contributed by atoms with E-state index in [9.17, 15) is 4.79 Å². The number of likely N-dealkylation sites (tertiary alicyclic amines) is 2. The molecule has 0 bridgehead atoms. The molecule has 2 rings (SSSR count). The molecular formula is C10H18N2O2. The third-order valence-electron chi connectivity index (χ3n) is 3.06. The van der Waals surface area contributed by atoms with Crippen molar-refractivity contribution < 1.29 is 9.90 Å². The van der Waals surface area contributed by atoms with Crippen LogP contribution in [0.3, 0.4) is 0 Å². The van der Waals surface area contributed by atoms with E-state index in [-0.39, 0.29) is 12.1 Å². The fourth-order valence-corrected chi connectivity index (χ4v) is 2.17. The van der Waals surface area contributed by atoms with E-state index in [4.69, 9.17) is 5.11 Å². The van der Waals surface area contributed by atoms with Crippen LogP contribution in [0.5, 0.6) is 0 Å². The zero-order valence-corrected chi connectivity index (χ0v) is 8.65. The molecule has 80 valence electrons. The van der Waals surface area contributed by atoms with E-state index in [0.717, 1.165) is 19.5 Å². The molecular weight excluding hydrogens is 180 g/mol. The van der Waals surface area contributed by atoms with Gasteiger partial charge in [-0.1, -0.05) is 6.92 Å². The zero-order valence-electron chi connectivity index (χ0n) is 8.65. The van der Waals surface area contributed by atoms with Gasteiger partial charge in [-0.05, 0) is 18.8 Å². The normalized spacial score (nSPS) is 28.9. The van der Waals surface area contributed by atoms with Gasteiger partial charge in [-0.3, -0.25) is 0 Å². The van der Waals surface area contributed by atoms with Crippen molar-refractivity contribution in [3.63, 3.8) is 0 Å². The summed E-state index contributed by atoms with van der Waals surface area (Å²) in [7, 11) is 0. The minimum atomic E-state index is -0.291. The summed E-state index contributed by atoms with van der Waals surface area (Å²) < 4.78 is 0. The van der Waals surface area contributed by atoms with E-state index in [1.165, 1.54) is 6.42 Å². The van der Waals surface area contributed by atoms with Gasteiger partial charge < -0.3 is 14.9 Å². The van der Waals surface area contributed by atoms with Crippen LogP contribution in [-0.4, -0.2) is 53.2 Å². The first-order valence-corrected chi connectivity index (χ1v) is 5.38. The van der Waals surface area contributed by atoms with E-state index >= 15 is 0 Å². The largest absolute Gasteiger partial charge is 0.389 e. The van der Waals surface area contributed by atoms with Crippen molar-refractivity contribution in [1.29, 1.82) is 0 Å². The van der Waals surface area contributed by atoms with Crippen molar-refractivity contribution in [2.24, 2.45) is 5.92 Å². The Balaban J connectivity index is 1.85. The first-order chi connectivity index (χ1) is 6.66. The molecule has 1 atom stereocenters. The molecule has 14 heavy (non-hydrogen) atoms. The first-order valence-electron chi connectivity index (χ1n) is 5.38. The van der Waals surface area contributed by atoms with E-state index < -0.39 is 0 Å². The Morgan fingerprint density at radius 1 is 1.29 bits per heavy atom. The van der Waals surface area contributed by atoms with E-state index in [2.05, 4.69) is 6.92 Å². The summed E-state index contributed by atoms with van der Waals surface area (Å²) >= 11 is 0. The van der Waals surface area contributed by atoms with Gasteiger partial charge in [-0.25, -0.2) is 4.79 Å². The predicted molar refractivity (Wildman–Crippen MR) is 52.9 cm³/mol. The number of hydrogen-bond donors (Lipinski definition) is 1. The summed E-state index contributed by atoms with van der Waals surface area (Å²) in [6.45, 7) is 4.99. The van der Waals surface area contributed by atoms with Crippen LogP contribution in [0.1, 0.15) is 19.8 Å². The lowest BCUT2D eigenvalue weighted by atomic mass is 10.0. The maximum Gasteiger partial charge on any atom is 0.320 e. The highest BCUT2D eigenvalue weighted by Crippen LogP contribution is 2.19. The first kappa shape index (κ1) is 9.77. The van der Waals surface area contributed by atoms with Gasteiger partial charge in [0.25, 0.3) is 0 Å². The minimum absolute atomic E-state index is 0.113. The van der Waals surface area contributed by atoms with Gasteiger partial charge in [-0.15, -0.1) is 0 Å². The van der Waals surface area contributed by atoms with E-state index in [0.29, 0.717) is 19.0 Å². The summed E-state index contributed by atoms with van der Waals surface area (Å²) in [5.74, 6) is 0.624. The number of amides is 2. The molecule has 2 saturated heterocycles. The molecule has 0 radical (unpaired) electrons. The van der Waals surface area contributed by atoms with E-state index in [1.54, 1.807) is 4.90 Å². The molecule has 0 spiro atoms. The average Bonchev–Trinajstić information content (AvgIpc) is 2.12. The van der Waals surface area contributed by atoms with Crippen molar-refractivity contribution in [2.45, 2.75) is 25.9 Å². The lowest BCUT2D eigenvalue weighted by Gasteiger charge is -2.41. The van der Waals surface area contributed by atoms with Crippen LogP contribution in [0.25, 0.3) is 0 Å². The number of β-amino-alcohol motifs (C(OH)–C–C–N with tert-alkyl or cyclic N) is 1. The van der Waals surface area contributed by atoms with Gasteiger partial charge in [0.05, 0.1) is 19.2 Å². The standard InChI is InChI=1S/C10H18N2O2/c1-8-3-2-4-11(5-8)10(14)12-6-9(13)7-12/h8-9,13H,2-7H2,1H3. The smallest absolute Gasteiger partial charge is 0.320 e. The van der Waals surface area contributed by atoms with E-state index in [1.807, 2.05) is 4.90 Å². The van der Waals surface area contributed by atoms with Crippen LogP contribution in [0.4, 0.5) is 4.79 Å². The van der Waals surface area contributed by atoms with Crippen LogP contribution >= 0.6 is 0 Å². The maximum atomic E-state index is 11.8. The van der Waals surface area contributed by atoms with Crippen molar-refractivity contribution in [3.8, 4) is 0 Å². The predicted octanol–water partition coefficient (Wildman–Crippen LogP) is 0.515. The molecule has 2 heterocycles. The van der Waals surface area contributed by atoms with Crippen molar-refractivity contribution in [3.05, 3.63) is 0 Å². The summed E-state index contributed by atoms with van der Waals surface area (Å²) in [5, 5.41) is 9.11. The monoisotopic (exact) mass is 198 g/mol. The van der Waals surface area contributed by atoms with Crippen LogP contribution in [0.15, 0.2) is 0 Å². The highest BCUT2D eigenvalue weighted by molar-refractivity contribution is 5.75. The zero-order chi connectivity index (χ0) is 10.1.